The number of rotatable bonds is 6. The van der Waals surface area contributed by atoms with Gasteiger partial charge in [0.25, 0.3) is 5.91 Å². The lowest BCUT2D eigenvalue weighted by molar-refractivity contribution is 0.0950. The van der Waals surface area contributed by atoms with E-state index in [0.717, 1.165) is 16.8 Å². The van der Waals surface area contributed by atoms with E-state index in [1.165, 1.54) is 0 Å². The van der Waals surface area contributed by atoms with E-state index in [1.807, 2.05) is 39.0 Å². The second-order valence-electron chi connectivity index (χ2n) is 7.08. The van der Waals surface area contributed by atoms with Crippen LogP contribution < -0.4 is 10.1 Å². The van der Waals surface area contributed by atoms with Crippen LogP contribution in [-0.2, 0) is 6.54 Å². The van der Waals surface area contributed by atoms with Crippen molar-refractivity contribution in [2.45, 2.75) is 33.4 Å². The zero-order chi connectivity index (χ0) is 21.7. The minimum atomic E-state index is -0.235. The van der Waals surface area contributed by atoms with Crippen LogP contribution in [0.3, 0.4) is 0 Å². The Morgan fingerprint density at radius 2 is 1.83 bits per heavy atom. The number of amides is 1. The van der Waals surface area contributed by atoms with E-state index in [0.29, 0.717) is 22.4 Å². The normalized spacial score (nSPS) is 11.4. The molecule has 0 aliphatic heterocycles. The molecule has 1 heterocycles. The van der Waals surface area contributed by atoms with Crippen LogP contribution in [-0.4, -0.2) is 16.0 Å². The number of aromatic hydroxyl groups is 1. The first-order chi connectivity index (χ1) is 14.4. The summed E-state index contributed by atoms with van der Waals surface area (Å²) in [6.07, 6.45) is -0.215. The summed E-state index contributed by atoms with van der Waals surface area (Å²) >= 11 is 0. The van der Waals surface area contributed by atoms with Crippen LogP contribution in [0.1, 0.15) is 51.3 Å². The second-order valence-corrected chi connectivity index (χ2v) is 7.08. The van der Waals surface area contributed by atoms with Gasteiger partial charge in [-0.25, -0.2) is 4.98 Å². The Labute approximate surface area is 175 Å². The molecule has 6 heteroatoms. The maximum atomic E-state index is 12.5. The van der Waals surface area contributed by atoms with Crippen LogP contribution in [0.25, 0.3) is 0 Å². The number of aryl methyl sites for hydroxylation is 2. The Hall–Kier alpha value is -3.85. The van der Waals surface area contributed by atoms with Gasteiger partial charge in [0.1, 0.15) is 11.9 Å². The van der Waals surface area contributed by atoms with Crippen molar-refractivity contribution in [2.75, 3.05) is 0 Å². The summed E-state index contributed by atoms with van der Waals surface area (Å²) in [5.74, 6) is 0.378. The fourth-order valence-corrected chi connectivity index (χ4v) is 3.12. The molecule has 0 aliphatic rings. The van der Waals surface area contributed by atoms with Crippen molar-refractivity contribution in [1.82, 2.24) is 10.3 Å². The monoisotopic (exact) mass is 401 g/mol. The number of pyridine rings is 1. The maximum Gasteiger partial charge on any atom is 0.251 e. The average Bonchev–Trinajstić information content (AvgIpc) is 2.73. The Morgan fingerprint density at radius 3 is 2.43 bits per heavy atom. The minimum absolute atomic E-state index is 0.0584. The van der Waals surface area contributed by atoms with Crippen LogP contribution in [0.15, 0.2) is 54.6 Å². The molecule has 2 N–H and O–H groups in total. The fraction of sp³-hybridized carbons (Fsp3) is 0.208. The van der Waals surface area contributed by atoms with E-state index in [2.05, 4.69) is 16.4 Å². The fourth-order valence-electron chi connectivity index (χ4n) is 3.12. The molecule has 0 saturated carbocycles. The molecule has 0 fully saturated rings. The molecular formula is C24H23N3O3. The number of ether oxygens (including phenoxy) is 1. The second kappa shape index (κ2) is 9.10. The summed E-state index contributed by atoms with van der Waals surface area (Å²) in [4.78, 5) is 16.5. The molecule has 0 saturated heterocycles. The first-order valence-electron chi connectivity index (χ1n) is 9.58. The predicted molar refractivity (Wildman–Crippen MR) is 113 cm³/mol. The number of hydrogen-bond donors (Lipinski definition) is 2. The smallest absolute Gasteiger partial charge is 0.251 e. The van der Waals surface area contributed by atoms with Gasteiger partial charge < -0.3 is 15.2 Å². The molecular weight excluding hydrogens is 378 g/mol. The Morgan fingerprint density at radius 1 is 1.17 bits per heavy atom. The number of nitriles is 1. The van der Waals surface area contributed by atoms with Gasteiger partial charge in [-0.05, 0) is 74.4 Å². The number of benzene rings is 2. The van der Waals surface area contributed by atoms with Crippen molar-refractivity contribution < 1.29 is 14.6 Å². The van der Waals surface area contributed by atoms with Crippen molar-refractivity contribution in [1.29, 1.82) is 5.26 Å². The van der Waals surface area contributed by atoms with Gasteiger partial charge in [-0.2, -0.15) is 5.26 Å². The number of carbonyl (C=O) groups excluding carboxylic acids is 1. The summed E-state index contributed by atoms with van der Waals surface area (Å²) in [7, 11) is 0. The molecule has 0 radical (unpaired) electrons. The molecule has 1 unspecified atom stereocenters. The van der Waals surface area contributed by atoms with E-state index in [4.69, 9.17) is 10.00 Å². The molecule has 1 aromatic heterocycles. The molecule has 0 bridgehead atoms. The summed E-state index contributed by atoms with van der Waals surface area (Å²) in [6.45, 7) is 5.80. The van der Waals surface area contributed by atoms with Crippen LogP contribution in [0.2, 0.25) is 0 Å². The Bertz CT molecular complexity index is 1060. The maximum absolute atomic E-state index is 12.5. The standard InChI is InChI=1S/C24H23N3O3/c1-15-12-16(2)27-24(29)22(15)14-26-23(28)20-8-6-19(7-9-20)17(3)30-21-10-4-18(13-25)5-11-21/h4-12,17H,14H2,1-3H3,(H,26,28)(H,27,29). The van der Waals surface area contributed by atoms with Gasteiger partial charge in [0.15, 0.2) is 0 Å². The quantitative estimate of drug-likeness (QED) is 0.640. The first-order valence-corrected chi connectivity index (χ1v) is 9.58. The molecule has 1 atom stereocenters. The zero-order valence-corrected chi connectivity index (χ0v) is 17.1. The number of nitrogens with zero attached hydrogens (tertiary/aromatic N) is 2. The third-order valence-electron chi connectivity index (χ3n) is 4.82. The number of aromatic nitrogens is 1. The van der Waals surface area contributed by atoms with Crippen molar-refractivity contribution >= 4 is 5.91 Å². The van der Waals surface area contributed by atoms with Gasteiger partial charge in [-0.1, -0.05) is 12.1 Å². The van der Waals surface area contributed by atoms with Crippen molar-refractivity contribution in [3.63, 3.8) is 0 Å². The van der Waals surface area contributed by atoms with Gasteiger partial charge in [0.2, 0.25) is 5.88 Å². The van der Waals surface area contributed by atoms with Gasteiger partial charge in [0, 0.05) is 23.4 Å². The highest BCUT2D eigenvalue weighted by molar-refractivity contribution is 5.94. The molecule has 0 spiro atoms. The van der Waals surface area contributed by atoms with Crippen LogP contribution >= 0.6 is 0 Å². The lowest BCUT2D eigenvalue weighted by atomic mass is 10.1. The number of hydrogen-bond acceptors (Lipinski definition) is 5. The summed E-state index contributed by atoms with van der Waals surface area (Å²) in [5, 5.41) is 21.7. The predicted octanol–water partition coefficient (Wildman–Crippen LogP) is 4.35. The average molecular weight is 401 g/mol. The topological polar surface area (TPSA) is 95.2 Å². The lowest BCUT2D eigenvalue weighted by Gasteiger charge is -2.15. The van der Waals surface area contributed by atoms with Gasteiger partial charge in [-0.15, -0.1) is 0 Å². The van der Waals surface area contributed by atoms with Crippen molar-refractivity contribution in [3.05, 3.63) is 88.1 Å². The Balaban J connectivity index is 1.61. The molecule has 2 aromatic carbocycles. The molecule has 30 heavy (non-hydrogen) atoms. The molecule has 1 amide bonds. The highest BCUT2D eigenvalue weighted by Gasteiger charge is 2.12. The van der Waals surface area contributed by atoms with Crippen LogP contribution in [0, 0.1) is 25.2 Å². The van der Waals surface area contributed by atoms with E-state index < -0.39 is 0 Å². The summed E-state index contributed by atoms with van der Waals surface area (Å²) in [6, 6.07) is 18.0. The molecule has 3 rings (SSSR count). The third-order valence-corrected chi connectivity index (χ3v) is 4.82. The Kier molecular flexibility index (Phi) is 6.33. The van der Waals surface area contributed by atoms with Gasteiger partial charge >= 0.3 is 0 Å². The van der Waals surface area contributed by atoms with Crippen LogP contribution in [0.5, 0.6) is 11.6 Å². The third kappa shape index (κ3) is 4.95. The van der Waals surface area contributed by atoms with Crippen molar-refractivity contribution in [2.24, 2.45) is 0 Å². The van der Waals surface area contributed by atoms with Gasteiger partial charge in [0.05, 0.1) is 11.6 Å². The van der Waals surface area contributed by atoms with Crippen LogP contribution in [0.4, 0.5) is 0 Å². The number of carbonyl (C=O) groups is 1. The largest absolute Gasteiger partial charge is 0.493 e. The van der Waals surface area contributed by atoms with E-state index >= 15 is 0 Å². The van der Waals surface area contributed by atoms with Gasteiger partial charge in [-0.3, -0.25) is 4.79 Å². The summed E-state index contributed by atoms with van der Waals surface area (Å²) in [5.41, 5.74) is 4.23. The summed E-state index contributed by atoms with van der Waals surface area (Å²) < 4.78 is 5.90. The molecule has 6 nitrogen and oxygen atoms in total. The molecule has 3 aromatic rings. The van der Waals surface area contributed by atoms with E-state index in [9.17, 15) is 9.90 Å². The van der Waals surface area contributed by atoms with E-state index in [1.54, 1.807) is 36.4 Å². The molecule has 152 valence electrons. The lowest BCUT2D eigenvalue weighted by Crippen LogP contribution is -2.23. The minimum Gasteiger partial charge on any atom is -0.493 e. The highest BCUT2D eigenvalue weighted by Crippen LogP contribution is 2.23. The molecule has 0 aliphatic carbocycles. The number of nitrogens with one attached hydrogen (secondary N) is 1. The van der Waals surface area contributed by atoms with Crippen molar-refractivity contribution in [3.8, 4) is 17.7 Å². The SMILES string of the molecule is Cc1cc(C)c(CNC(=O)c2ccc(C(C)Oc3ccc(C#N)cc3)cc2)c(O)n1. The highest BCUT2D eigenvalue weighted by atomic mass is 16.5. The van der Waals surface area contributed by atoms with E-state index in [-0.39, 0.29) is 24.4 Å². The first kappa shape index (κ1) is 20.9. The zero-order valence-electron chi connectivity index (χ0n) is 17.1.